The Bertz CT molecular complexity index is 846. The van der Waals surface area contributed by atoms with Gasteiger partial charge in [-0.15, -0.1) is 0 Å². The molecule has 0 spiro atoms. The van der Waals surface area contributed by atoms with Crippen molar-refractivity contribution in [2.24, 2.45) is 0 Å². The predicted molar refractivity (Wildman–Crippen MR) is 108 cm³/mol. The lowest BCUT2D eigenvalue weighted by Crippen LogP contribution is -2.21. The number of fused-ring (bicyclic) bond motifs is 1. The van der Waals surface area contributed by atoms with Crippen molar-refractivity contribution in [1.29, 1.82) is 0 Å². The molecule has 0 unspecified atom stereocenters. The lowest BCUT2D eigenvalue weighted by molar-refractivity contribution is 0.311. The molecule has 0 atom stereocenters. The normalized spacial score (nSPS) is 10.7. The van der Waals surface area contributed by atoms with E-state index >= 15 is 0 Å². The van der Waals surface area contributed by atoms with E-state index in [0.717, 1.165) is 29.7 Å². The van der Waals surface area contributed by atoms with Gasteiger partial charge >= 0.3 is 0 Å². The first-order valence-corrected chi connectivity index (χ1v) is 8.98. The fourth-order valence-electron chi connectivity index (χ4n) is 2.91. The van der Waals surface area contributed by atoms with Crippen molar-refractivity contribution in [3.63, 3.8) is 0 Å². The zero-order chi connectivity index (χ0) is 18.4. The van der Waals surface area contributed by atoms with Crippen LogP contribution in [0.15, 0.2) is 48.5 Å². The van der Waals surface area contributed by atoms with Crippen molar-refractivity contribution in [2.45, 2.75) is 13.8 Å². The SMILES string of the molecule is CCN(CC)c1ccc(Nc2nc(NCCO)c3ccccc3n2)cc1. The third-order valence-electron chi connectivity index (χ3n) is 4.26. The van der Waals surface area contributed by atoms with Gasteiger partial charge in [0.25, 0.3) is 0 Å². The van der Waals surface area contributed by atoms with E-state index in [-0.39, 0.29) is 6.61 Å². The molecule has 3 rings (SSSR count). The van der Waals surface area contributed by atoms with E-state index in [1.54, 1.807) is 0 Å². The summed E-state index contributed by atoms with van der Waals surface area (Å²) in [5, 5.41) is 16.5. The van der Waals surface area contributed by atoms with Gasteiger partial charge in [0.2, 0.25) is 5.95 Å². The molecular weight excluding hydrogens is 326 g/mol. The number of rotatable bonds is 8. The van der Waals surface area contributed by atoms with Crippen molar-refractivity contribution in [1.82, 2.24) is 9.97 Å². The van der Waals surface area contributed by atoms with E-state index < -0.39 is 0 Å². The summed E-state index contributed by atoms with van der Waals surface area (Å²) in [6, 6.07) is 16.1. The number of anilines is 4. The number of nitrogens with zero attached hydrogens (tertiary/aromatic N) is 3. The van der Waals surface area contributed by atoms with Crippen LogP contribution in [-0.2, 0) is 0 Å². The molecular formula is C20H25N5O. The summed E-state index contributed by atoms with van der Waals surface area (Å²) in [5.41, 5.74) is 2.99. The third kappa shape index (κ3) is 4.03. The Morgan fingerprint density at radius 1 is 0.962 bits per heavy atom. The van der Waals surface area contributed by atoms with E-state index in [1.165, 1.54) is 5.69 Å². The summed E-state index contributed by atoms with van der Waals surface area (Å²) in [6.07, 6.45) is 0. The number of aromatic nitrogens is 2. The highest BCUT2D eigenvalue weighted by Crippen LogP contribution is 2.24. The fourth-order valence-corrected chi connectivity index (χ4v) is 2.91. The smallest absolute Gasteiger partial charge is 0.229 e. The number of aliphatic hydroxyl groups excluding tert-OH is 1. The average Bonchev–Trinajstić information content (AvgIpc) is 2.68. The first-order chi connectivity index (χ1) is 12.7. The summed E-state index contributed by atoms with van der Waals surface area (Å²) in [6.45, 7) is 6.76. The monoisotopic (exact) mass is 351 g/mol. The molecule has 1 heterocycles. The largest absolute Gasteiger partial charge is 0.395 e. The number of para-hydroxylation sites is 1. The molecule has 0 amide bonds. The minimum Gasteiger partial charge on any atom is -0.395 e. The van der Waals surface area contributed by atoms with Crippen molar-refractivity contribution in [2.75, 3.05) is 41.8 Å². The fraction of sp³-hybridized carbons (Fsp3) is 0.300. The Morgan fingerprint density at radius 2 is 1.69 bits per heavy atom. The van der Waals surface area contributed by atoms with Gasteiger partial charge in [-0.3, -0.25) is 0 Å². The first-order valence-electron chi connectivity index (χ1n) is 8.98. The summed E-state index contributed by atoms with van der Waals surface area (Å²) < 4.78 is 0. The summed E-state index contributed by atoms with van der Waals surface area (Å²) >= 11 is 0. The van der Waals surface area contributed by atoms with Crippen LogP contribution in [0.1, 0.15) is 13.8 Å². The van der Waals surface area contributed by atoms with Crippen LogP contribution in [0.25, 0.3) is 10.9 Å². The third-order valence-corrected chi connectivity index (χ3v) is 4.26. The Kier molecular flexibility index (Phi) is 5.86. The highest BCUT2D eigenvalue weighted by molar-refractivity contribution is 5.90. The van der Waals surface area contributed by atoms with Crippen LogP contribution < -0.4 is 15.5 Å². The van der Waals surface area contributed by atoms with Crippen LogP contribution >= 0.6 is 0 Å². The van der Waals surface area contributed by atoms with Gasteiger partial charge in [0, 0.05) is 36.4 Å². The zero-order valence-electron chi connectivity index (χ0n) is 15.2. The van der Waals surface area contributed by atoms with Gasteiger partial charge in [0.05, 0.1) is 12.1 Å². The molecule has 0 aliphatic carbocycles. The molecule has 6 heteroatoms. The van der Waals surface area contributed by atoms with E-state index in [4.69, 9.17) is 5.11 Å². The molecule has 26 heavy (non-hydrogen) atoms. The lowest BCUT2D eigenvalue weighted by Gasteiger charge is -2.21. The van der Waals surface area contributed by atoms with E-state index in [1.807, 2.05) is 36.4 Å². The van der Waals surface area contributed by atoms with Crippen LogP contribution in [-0.4, -0.2) is 41.3 Å². The molecule has 0 saturated heterocycles. The van der Waals surface area contributed by atoms with Crippen LogP contribution in [0.2, 0.25) is 0 Å². The lowest BCUT2D eigenvalue weighted by atomic mass is 10.2. The molecule has 2 aromatic carbocycles. The molecule has 1 aromatic heterocycles. The van der Waals surface area contributed by atoms with Gasteiger partial charge in [0.1, 0.15) is 5.82 Å². The Balaban J connectivity index is 1.86. The number of hydrogen-bond acceptors (Lipinski definition) is 6. The summed E-state index contributed by atoms with van der Waals surface area (Å²) in [7, 11) is 0. The summed E-state index contributed by atoms with van der Waals surface area (Å²) in [4.78, 5) is 11.5. The Morgan fingerprint density at radius 3 is 2.38 bits per heavy atom. The molecule has 0 aliphatic heterocycles. The molecule has 0 aliphatic rings. The van der Waals surface area contributed by atoms with Crippen LogP contribution in [0.5, 0.6) is 0 Å². The molecule has 136 valence electrons. The summed E-state index contributed by atoms with van der Waals surface area (Å²) in [5.74, 6) is 1.24. The molecule has 0 fully saturated rings. The maximum Gasteiger partial charge on any atom is 0.229 e. The molecule has 0 bridgehead atoms. The first kappa shape index (κ1) is 17.9. The minimum atomic E-state index is 0.0495. The Labute approximate surface area is 153 Å². The van der Waals surface area contributed by atoms with Gasteiger partial charge < -0.3 is 20.6 Å². The topological polar surface area (TPSA) is 73.3 Å². The highest BCUT2D eigenvalue weighted by Gasteiger charge is 2.08. The van der Waals surface area contributed by atoms with Crippen molar-refractivity contribution in [3.8, 4) is 0 Å². The number of benzene rings is 2. The highest BCUT2D eigenvalue weighted by atomic mass is 16.3. The van der Waals surface area contributed by atoms with Crippen LogP contribution in [0.3, 0.4) is 0 Å². The van der Waals surface area contributed by atoms with E-state index in [0.29, 0.717) is 18.3 Å². The second-order valence-electron chi connectivity index (χ2n) is 5.91. The van der Waals surface area contributed by atoms with Gasteiger partial charge in [0.15, 0.2) is 0 Å². The average molecular weight is 351 g/mol. The van der Waals surface area contributed by atoms with Crippen molar-refractivity contribution >= 4 is 34.0 Å². The second kappa shape index (κ2) is 8.49. The Hall–Kier alpha value is -2.86. The van der Waals surface area contributed by atoms with Gasteiger partial charge in [-0.2, -0.15) is 4.98 Å². The minimum absolute atomic E-state index is 0.0495. The van der Waals surface area contributed by atoms with Gasteiger partial charge in [-0.05, 0) is 50.2 Å². The van der Waals surface area contributed by atoms with E-state index in [9.17, 15) is 0 Å². The second-order valence-corrected chi connectivity index (χ2v) is 5.91. The zero-order valence-corrected chi connectivity index (χ0v) is 15.2. The number of nitrogens with one attached hydrogen (secondary N) is 2. The maximum absolute atomic E-state index is 9.09. The van der Waals surface area contributed by atoms with E-state index in [2.05, 4.69) is 51.5 Å². The maximum atomic E-state index is 9.09. The van der Waals surface area contributed by atoms with Crippen LogP contribution in [0, 0.1) is 0 Å². The van der Waals surface area contributed by atoms with Crippen LogP contribution in [0.4, 0.5) is 23.1 Å². The van der Waals surface area contributed by atoms with Gasteiger partial charge in [-0.25, -0.2) is 4.98 Å². The molecule has 3 N–H and O–H groups in total. The predicted octanol–water partition coefficient (Wildman–Crippen LogP) is 3.62. The molecule has 0 saturated carbocycles. The molecule has 6 nitrogen and oxygen atoms in total. The standard InChI is InChI=1S/C20H25N5O/c1-3-25(4-2)16-11-9-15(10-12-16)22-20-23-18-8-6-5-7-17(18)19(24-20)21-13-14-26/h5-12,26H,3-4,13-14H2,1-2H3,(H2,21,22,23,24). The number of hydrogen-bond donors (Lipinski definition) is 3. The number of aliphatic hydroxyl groups is 1. The molecule has 3 aromatic rings. The van der Waals surface area contributed by atoms with Crippen molar-refractivity contribution < 1.29 is 5.11 Å². The van der Waals surface area contributed by atoms with Gasteiger partial charge in [-0.1, -0.05) is 12.1 Å². The van der Waals surface area contributed by atoms with Crippen molar-refractivity contribution in [3.05, 3.63) is 48.5 Å². The molecule has 0 radical (unpaired) electrons. The quantitative estimate of drug-likeness (QED) is 0.576.